The molecule has 0 bridgehead atoms. The molecule has 0 fully saturated rings. The van der Waals surface area contributed by atoms with Crippen LogP contribution in [0.15, 0.2) is 29.8 Å². The van der Waals surface area contributed by atoms with Gasteiger partial charge in [0.05, 0.1) is 0 Å². The summed E-state index contributed by atoms with van der Waals surface area (Å²) in [5, 5.41) is 0. The number of carbonyl (C=O) groups is 1. The van der Waals surface area contributed by atoms with Gasteiger partial charge >= 0.3 is 0 Å². The largest absolute Gasteiger partial charge is 0.398 e. The molecule has 15 heavy (non-hydrogen) atoms. The van der Waals surface area contributed by atoms with Crippen molar-refractivity contribution >= 4 is 17.5 Å². The molecule has 1 aromatic carbocycles. The lowest BCUT2D eigenvalue weighted by molar-refractivity contribution is -0.109. The van der Waals surface area contributed by atoms with Crippen molar-refractivity contribution in [2.24, 2.45) is 5.92 Å². The third-order valence-electron chi connectivity index (χ3n) is 3.08. The zero-order chi connectivity index (χ0) is 10.8. The van der Waals surface area contributed by atoms with Crippen molar-refractivity contribution in [2.45, 2.75) is 19.8 Å². The Morgan fingerprint density at radius 2 is 2.13 bits per heavy atom. The van der Waals surface area contributed by atoms with Gasteiger partial charge in [-0.1, -0.05) is 23.8 Å². The lowest BCUT2D eigenvalue weighted by Crippen LogP contribution is -2.02. The van der Waals surface area contributed by atoms with E-state index in [-0.39, 0.29) is 5.92 Å². The van der Waals surface area contributed by atoms with Crippen LogP contribution in [0.2, 0.25) is 0 Å². The Labute approximate surface area is 89.8 Å². The highest BCUT2D eigenvalue weighted by Crippen LogP contribution is 2.39. The van der Waals surface area contributed by atoms with Gasteiger partial charge in [-0.3, -0.25) is 0 Å². The summed E-state index contributed by atoms with van der Waals surface area (Å²) in [6.45, 7) is 2.09. The molecule has 0 radical (unpaired) electrons. The predicted molar refractivity (Wildman–Crippen MR) is 62.2 cm³/mol. The van der Waals surface area contributed by atoms with E-state index in [2.05, 4.69) is 6.92 Å². The van der Waals surface area contributed by atoms with E-state index in [4.69, 9.17) is 5.73 Å². The van der Waals surface area contributed by atoms with E-state index < -0.39 is 0 Å². The van der Waals surface area contributed by atoms with E-state index in [0.717, 1.165) is 36.0 Å². The standard InChI is InChI=1S/C13H15NO/c1-9-6-7-10(8-15)13(9)11-4-2-3-5-12(11)14/h2-5,8,10H,6-7,14H2,1H3. The van der Waals surface area contributed by atoms with E-state index in [1.807, 2.05) is 24.3 Å². The van der Waals surface area contributed by atoms with Crippen LogP contribution in [0.25, 0.3) is 5.57 Å². The summed E-state index contributed by atoms with van der Waals surface area (Å²) in [5.74, 6) is 0.0368. The smallest absolute Gasteiger partial charge is 0.127 e. The van der Waals surface area contributed by atoms with Crippen molar-refractivity contribution < 1.29 is 4.79 Å². The molecule has 0 aliphatic heterocycles. The molecule has 0 amide bonds. The number of benzene rings is 1. The molecular weight excluding hydrogens is 186 g/mol. The molecule has 2 heteroatoms. The summed E-state index contributed by atoms with van der Waals surface area (Å²) >= 11 is 0. The maximum Gasteiger partial charge on any atom is 0.127 e. The highest BCUT2D eigenvalue weighted by Gasteiger charge is 2.24. The first-order chi connectivity index (χ1) is 7.24. The third-order valence-corrected chi connectivity index (χ3v) is 3.08. The van der Waals surface area contributed by atoms with Gasteiger partial charge in [-0.2, -0.15) is 0 Å². The molecular formula is C13H15NO. The summed E-state index contributed by atoms with van der Waals surface area (Å²) in [4.78, 5) is 11.0. The quantitative estimate of drug-likeness (QED) is 0.590. The molecule has 0 spiro atoms. The Bertz CT molecular complexity index is 420. The van der Waals surface area contributed by atoms with Crippen molar-refractivity contribution in [1.29, 1.82) is 0 Å². The van der Waals surface area contributed by atoms with Gasteiger partial charge in [0.15, 0.2) is 0 Å². The van der Waals surface area contributed by atoms with Crippen LogP contribution in [0.4, 0.5) is 5.69 Å². The fourth-order valence-corrected chi connectivity index (χ4v) is 2.28. The van der Waals surface area contributed by atoms with Gasteiger partial charge < -0.3 is 10.5 Å². The summed E-state index contributed by atoms with van der Waals surface area (Å²) in [7, 11) is 0. The molecule has 1 aliphatic rings. The Balaban J connectivity index is 2.50. The molecule has 0 aromatic heterocycles. The summed E-state index contributed by atoms with van der Waals surface area (Å²) < 4.78 is 0. The Hall–Kier alpha value is -1.57. The topological polar surface area (TPSA) is 43.1 Å². The van der Waals surface area contributed by atoms with Gasteiger partial charge in [0.25, 0.3) is 0 Å². The number of hydrogen-bond donors (Lipinski definition) is 1. The first-order valence-corrected chi connectivity index (χ1v) is 5.24. The number of para-hydroxylation sites is 1. The van der Waals surface area contributed by atoms with Crippen molar-refractivity contribution in [3.8, 4) is 0 Å². The van der Waals surface area contributed by atoms with Crippen molar-refractivity contribution in [3.05, 3.63) is 35.4 Å². The summed E-state index contributed by atoms with van der Waals surface area (Å²) in [5.41, 5.74) is 10.2. The van der Waals surface area contributed by atoms with E-state index in [1.165, 1.54) is 5.57 Å². The Morgan fingerprint density at radius 1 is 1.40 bits per heavy atom. The zero-order valence-corrected chi connectivity index (χ0v) is 8.86. The maximum absolute atomic E-state index is 11.0. The number of aldehydes is 1. The molecule has 0 heterocycles. The second-order valence-electron chi connectivity index (χ2n) is 4.06. The maximum atomic E-state index is 11.0. The van der Waals surface area contributed by atoms with Crippen LogP contribution in [-0.2, 0) is 4.79 Å². The van der Waals surface area contributed by atoms with Gasteiger partial charge in [-0.15, -0.1) is 0 Å². The Kier molecular flexibility index (Phi) is 2.58. The normalized spacial score (nSPS) is 20.7. The SMILES string of the molecule is CC1=C(c2ccccc2N)C(C=O)CC1. The second-order valence-corrected chi connectivity index (χ2v) is 4.06. The molecule has 0 saturated heterocycles. The molecule has 1 aromatic rings. The van der Waals surface area contributed by atoms with Gasteiger partial charge in [0.1, 0.15) is 6.29 Å². The number of allylic oxidation sites excluding steroid dienone is 2. The second kappa shape index (κ2) is 3.89. The van der Waals surface area contributed by atoms with E-state index >= 15 is 0 Å². The van der Waals surface area contributed by atoms with Crippen LogP contribution in [0.3, 0.4) is 0 Å². The number of anilines is 1. The zero-order valence-electron chi connectivity index (χ0n) is 8.86. The molecule has 0 saturated carbocycles. The number of hydrogen-bond acceptors (Lipinski definition) is 2. The molecule has 1 unspecified atom stereocenters. The van der Waals surface area contributed by atoms with Crippen LogP contribution < -0.4 is 5.73 Å². The van der Waals surface area contributed by atoms with Crippen molar-refractivity contribution in [3.63, 3.8) is 0 Å². The summed E-state index contributed by atoms with van der Waals surface area (Å²) in [6, 6.07) is 7.76. The number of nitrogens with two attached hydrogens (primary N) is 1. The first-order valence-electron chi connectivity index (χ1n) is 5.24. The monoisotopic (exact) mass is 201 g/mol. The Morgan fingerprint density at radius 3 is 2.80 bits per heavy atom. The van der Waals surface area contributed by atoms with Gasteiger partial charge in [-0.05, 0) is 31.4 Å². The highest BCUT2D eigenvalue weighted by atomic mass is 16.1. The fourth-order valence-electron chi connectivity index (χ4n) is 2.28. The van der Waals surface area contributed by atoms with Crippen molar-refractivity contribution in [2.75, 3.05) is 5.73 Å². The van der Waals surface area contributed by atoms with Gasteiger partial charge in [0.2, 0.25) is 0 Å². The number of nitrogen functional groups attached to an aromatic ring is 1. The average Bonchev–Trinajstić information content (AvgIpc) is 2.60. The van der Waals surface area contributed by atoms with Crippen LogP contribution in [0.5, 0.6) is 0 Å². The van der Waals surface area contributed by atoms with E-state index in [9.17, 15) is 4.79 Å². The van der Waals surface area contributed by atoms with E-state index in [0.29, 0.717) is 0 Å². The average molecular weight is 201 g/mol. The molecule has 1 aliphatic carbocycles. The molecule has 1 atom stereocenters. The minimum atomic E-state index is 0.0368. The van der Waals surface area contributed by atoms with Crippen LogP contribution in [0.1, 0.15) is 25.3 Å². The lowest BCUT2D eigenvalue weighted by Gasteiger charge is -2.12. The minimum Gasteiger partial charge on any atom is -0.398 e. The fraction of sp³-hybridized carbons (Fsp3) is 0.308. The van der Waals surface area contributed by atoms with E-state index in [1.54, 1.807) is 0 Å². The van der Waals surface area contributed by atoms with Crippen LogP contribution >= 0.6 is 0 Å². The molecule has 2 rings (SSSR count). The molecule has 2 N–H and O–H groups in total. The van der Waals surface area contributed by atoms with Gasteiger partial charge in [-0.25, -0.2) is 0 Å². The highest BCUT2D eigenvalue weighted by molar-refractivity contribution is 5.87. The van der Waals surface area contributed by atoms with Crippen LogP contribution in [-0.4, -0.2) is 6.29 Å². The van der Waals surface area contributed by atoms with Crippen LogP contribution in [0, 0.1) is 5.92 Å². The predicted octanol–water partition coefficient (Wildman–Crippen LogP) is 2.65. The first kappa shape index (κ1) is 9.97. The molecule has 78 valence electrons. The third kappa shape index (κ3) is 1.67. The number of rotatable bonds is 2. The number of carbonyl (C=O) groups excluding carboxylic acids is 1. The van der Waals surface area contributed by atoms with Gasteiger partial charge in [0, 0.05) is 17.2 Å². The lowest BCUT2D eigenvalue weighted by atomic mass is 9.94. The van der Waals surface area contributed by atoms with Crippen molar-refractivity contribution in [1.82, 2.24) is 0 Å². The molecule has 2 nitrogen and oxygen atoms in total. The summed E-state index contributed by atoms with van der Waals surface area (Å²) in [6.07, 6.45) is 2.98. The minimum absolute atomic E-state index is 0.0368.